The van der Waals surface area contributed by atoms with Crippen LogP contribution in [0, 0.1) is 0 Å². The third-order valence-corrected chi connectivity index (χ3v) is 3.07. The van der Waals surface area contributed by atoms with Gasteiger partial charge in [-0.2, -0.15) is 0 Å². The molecule has 1 N–H and O–H groups in total. The lowest BCUT2D eigenvalue weighted by Gasteiger charge is -2.13. The van der Waals surface area contributed by atoms with Gasteiger partial charge < -0.3 is 24.3 Å². The van der Waals surface area contributed by atoms with E-state index in [1.54, 1.807) is 21.3 Å². The molecule has 0 radical (unpaired) electrons. The molecule has 0 saturated carbocycles. The number of benzene rings is 1. The molecule has 0 aliphatic carbocycles. The molecule has 0 fully saturated rings. The van der Waals surface area contributed by atoms with Crippen molar-refractivity contribution in [1.29, 1.82) is 0 Å². The first-order valence-corrected chi connectivity index (χ1v) is 7.30. The maximum atomic E-state index is 5.86. The molecule has 21 heavy (non-hydrogen) atoms. The summed E-state index contributed by atoms with van der Waals surface area (Å²) in [5.74, 6) is 1.74. The molecule has 0 saturated heterocycles. The molecule has 0 aliphatic rings. The molecule has 0 aromatic heterocycles. The third kappa shape index (κ3) is 7.32. The molecule has 0 atom stereocenters. The van der Waals surface area contributed by atoms with Gasteiger partial charge in [-0.15, -0.1) is 0 Å². The summed E-state index contributed by atoms with van der Waals surface area (Å²) >= 11 is 0. The fourth-order valence-electron chi connectivity index (χ4n) is 1.89. The second kappa shape index (κ2) is 11.4. The molecule has 1 rings (SSSR count). The Labute approximate surface area is 127 Å². The van der Waals surface area contributed by atoms with Crippen LogP contribution < -0.4 is 14.8 Å². The minimum absolute atomic E-state index is 0.692. The van der Waals surface area contributed by atoms with E-state index in [9.17, 15) is 0 Å². The van der Waals surface area contributed by atoms with Crippen molar-refractivity contribution in [3.8, 4) is 11.5 Å². The zero-order chi connectivity index (χ0) is 15.3. The molecule has 120 valence electrons. The predicted octanol–water partition coefficient (Wildman–Crippen LogP) is 2.24. The van der Waals surface area contributed by atoms with E-state index in [1.165, 1.54) is 0 Å². The van der Waals surface area contributed by atoms with Crippen molar-refractivity contribution < 1.29 is 18.9 Å². The monoisotopic (exact) mass is 297 g/mol. The van der Waals surface area contributed by atoms with Gasteiger partial charge in [-0.25, -0.2) is 0 Å². The largest absolute Gasteiger partial charge is 0.497 e. The summed E-state index contributed by atoms with van der Waals surface area (Å²) in [5, 5.41) is 3.32. The first kappa shape index (κ1) is 17.8. The SMILES string of the molecule is COCCCCOc1ccc(OC)cc1CNCCOC. The second-order valence-electron chi connectivity index (χ2n) is 4.69. The Balaban J connectivity index is 2.50. The van der Waals surface area contributed by atoms with Crippen molar-refractivity contribution in [2.24, 2.45) is 0 Å². The predicted molar refractivity (Wildman–Crippen MR) is 83.2 cm³/mol. The van der Waals surface area contributed by atoms with E-state index in [4.69, 9.17) is 18.9 Å². The van der Waals surface area contributed by atoms with Gasteiger partial charge >= 0.3 is 0 Å². The third-order valence-electron chi connectivity index (χ3n) is 3.07. The van der Waals surface area contributed by atoms with Crippen molar-refractivity contribution in [3.05, 3.63) is 23.8 Å². The zero-order valence-corrected chi connectivity index (χ0v) is 13.3. The number of hydrogen-bond acceptors (Lipinski definition) is 5. The van der Waals surface area contributed by atoms with Crippen LogP contribution in [0.1, 0.15) is 18.4 Å². The number of unbranched alkanes of at least 4 members (excludes halogenated alkanes) is 1. The van der Waals surface area contributed by atoms with Crippen molar-refractivity contribution in [2.45, 2.75) is 19.4 Å². The normalized spacial score (nSPS) is 10.6. The highest BCUT2D eigenvalue weighted by molar-refractivity contribution is 5.40. The number of rotatable bonds is 12. The van der Waals surface area contributed by atoms with Crippen molar-refractivity contribution >= 4 is 0 Å². The fraction of sp³-hybridized carbons (Fsp3) is 0.625. The van der Waals surface area contributed by atoms with Crippen molar-refractivity contribution in [2.75, 3.05) is 47.7 Å². The fourth-order valence-corrected chi connectivity index (χ4v) is 1.89. The van der Waals surface area contributed by atoms with Crippen molar-refractivity contribution in [1.82, 2.24) is 5.32 Å². The Hall–Kier alpha value is -1.30. The summed E-state index contributed by atoms with van der Waals surface area (Å²) in [6.45, 7) is 3.70. The van der Waals surface area contributed by atoms with Crippen LogP contribution in [-0.4, -0.2) is 47.7 Å². The molecule has 0 aliphatic heterocycles. The zero-order valence-electron chi connectivity index (χ0n) is 13.3. The topological polar surface area (TPSA) is 49.0 Å². The second-order valence-corrected chi connectivity index (χ2v) is 4.69. The highest BCUT2D eigenvalue weighted by atomic mass is 16.5. The first-order chi connectivity index (χ1) is 10.3. The maximum absolute atomic E-state index is 5.86. The average Bonchev–Trinajstić information content (AvgIpc) is 2.52. The van der Waals surface area contributed by atoms with Gasteiger partial charge in [-0.05, 0) is 31.0 Å². The van der Waals surface area contributed by atoms with Crippen LogP contribution in [0.2, 0.25) is 0 Å². The van der Waals surface area contributed by atoms with E-state index in [0.29, 0.717) is 13.2 Å². The standard InChI is InChI=1S/C16H27NO4/c1-18-9-4-5-10-21-16-7-6-15(20-3)12-14(16)13-17-8-11-19-2/h6-7,12,17H,4-5,8-11,13H2,1-3H3. The van der Waals surface area contributed by atoms with E-state index in [2.05, 4.69) is 5.32 Å². The molecular weight excluding hydrogens is 270 g/mol. The van der Waals surface area contributed by atoms with Crippen LogP contribution in [0.3, 0.4) is 0 Å². The van der Waals surface area contributed by atoms with Crippen LogP contribution in [-0.2, 0) is 16.0 Å². The maximum Gasteiger partial charge on any atom is 0.124 e. The summed E-state index contributed by atoms with van der Waals surface area (Å²) < 4.78 is 21.2. The van der Waals surface area contributed by atoms with Crippen LogP contribution in [0.4, 0.5) is 0 Å². The van der Waals surface area contributed by atoms with E-state index in [-0.39, 0.29) is 0 Å². The Kier molecular flexibility index (Phi) is 9.61. The summed E-state index contributed by atoms with van der Waals surface area (Å²) in [4.78, 5) is 0. The van der Waals surface area contributed by atoms with Gasteiger partial charge in [-0.3, -0.25) is 0 Å². The summed E-state index contributed by atoms with van der Waals surface area (Å²) in [6, 6.07) is 5.88. The van der Waals surface area contributed by atoms with Crippen LogP contribution in [0.15, 0.2) is 18.2 Å². The molecule has 1 aromatic rings. The van der Waals surface area contributed by atoms with Crippen molar-refractivity contribution in [3.63, 3.8) is 0 Å². The number of hydrogen-bond donors (Lipinski definition) is 1. The Morgan fingerprint density at radius 3 is 2.43 bits per heavy atom. The van der Waals surface area contributed by atoms with E-state index in [0.717, 1.165) is 49.6 Å². The Morgan fingerprint density at radius 2 is 1.71 bits per heavy atom. The molecule has 5 heteroatoms. The van der Waals surface area contributed by atoms with Gasteiger partial charge in [-0.1, -0.05) is 0 Å². The molecule has 0 unspecified atom stereocenters. The molecule has 0 bridgehead atoms. The van der Waals surface area contributed by atoms with E-state index < -0.39 is 0 Å². The Morgan fingerprint density at radius 1 is 0.952 bits per heavy atom. The lowest BCUT2D eigenvalue weighted by atomic mass is 10.2. The lowest BCUT2D eigenvalue weighted by Crippen LogP contribution is -2.19. The number of nitrogens with one attached hydrogen (secondary N) is 1. The summed E-state index contributed by atoms with van der Waals surface area (Å²) in [7, 11) is 5.08. The van der Waals surface area contributed by atoms with Gasteiger partial charge in [0.25, 0.3) is 0 Å². The van der Waals surface area contributed by atoms with E-state index in [1.807, 2.05) is 18.2 Å². The smallest absolute Gasteiger partial charge is 0.124 e. The summed E-state index contributed by atoms with van der Waals surface area (Å²) in [6.07, 6.45) is 1.99. The van der Waals surface area contributed by atoms with Crippen LogP contribution in [0.5, 0.6) is 11.5 Å². The van der Waals surface area contributed by atoms with Gasteiger partial charge in [0.1, 0.15) is 11.5 Å². The quantitative estimate of drug-likeness (QED) is 0.600. The first-order valence-electron chi connectivity index (χ1n) is 7.30. The molecule has 1 aromatic carbocycles. The van der Waals surface area contributed by atoms with Crippen LogP contribution >= 0.6 is 0 Å². The molecule has 0 amide bonds. The molecule has 5 nitrogen and oxygen atoms in total. The molecule has 0 heterocycles. The summed E-state index contributed by atoms with van der Waals surface area (Å²) in [5.41, 5.74) is 1.09. The lowest BCUT2D eigenvalue weighted by molar-refractivity contribution is 0.184. The van der Waals surface area contributed by atoms with Gasteiger partial charge in [0.05, 0.1) is 20.3 Å². The molecule has 0 spiro atoms. The van der Waals surface area contributed by atoms with E-state index >= 15 is 0 Å². The minimum atomic E-state index is 0.692. The highest BCUT2D eigenvalue weighted by Gasteiger charge is 2.06. The highest BCUT2D eigenvalue weighted by Crippen LogP contribution is 2.24. The number of methoxy groups -OCH3 is 3. The van der Waals surface area contributed by atoms with Gasteiger partial charge in [0.2, 0.25) is 0 Å². The molecular formula is C16H27NO4. The number of ether oxygens (including phenoxy) is 4. The minimum Gasteiger partial charge on any atom is -0.497 e. The van der Waals surface area contributed by atoms with Crippen LogP contribution in [0.25, 0.3) is 0 Å². The van der Waals surface area contributed by atoms with Gasteiger partial charge in [0.15, 0.2) is 0 Å². The Bertz CT molecular complexity index is 385. The van der Waals surface area contributed by atoms with Gasteiger partial charge in [0, 0.05) is 39.5 Å². The average molecular weight is 297 g/mol.